The molecule has 3 aliphatic rings. The molecule has 6 nitrogen and oxygen atoms in total. The summed E-state index contributed by atoms with van der Waals surface area (Å²) in [6, 6.07) is 4.02. The Bertz CT molecular complexity index is 852. The molecule has 0 radical (unpaired) electrons. The molecular weight excluding hydrogens is 420 g/mol. The summed E-state index contributed by atoms with van der Waals surface area (Å²) >= 11 is 6.86. The van der Waals surface area contributed by atoms with E-state index in [1.54, 1.807) is 4.90 Å². The molecule has 3 aliphatic heterocycles. The van der Waals surface area contributed by atoms with Gasteiger partial charge in [0.1, 0.15) is 21.9 Å². The first-order valence-electron chi connectivity index (χ1n) is 10.6. The largest absolute Gasteiger partial charge is 0.493 e. The van der Waals surface area contributed by atoms with Gasteiger partial charge >= 0.3 is 0 Å². The number of hydrogen-bond donors (Lipinski definition) is 0. The van der Waals surface area contributed by atoms with Crippen molar-refractivity contribution in [2.45, 2.75) is 32.8 Å². The lowest BCUT2D eigenvalue weighted by Crippen LogP contribution is -2.38. The molecule has 162 valence electrons. The van der Waals surface area contributed by atoms with Gasteiger partial charge in [0.15, 0.2) is 0 Å². The van der Waals surface area contributed by atoms with E-state index >= 15 is 0 Å². The second kappa shape index (κ2) is 9.68. The van der Waals surface area contributed by atoms with Crippen LogP contribution in [0.1, 0.15) is 31.4 Å². The molecule has 1 amide bonds. The minimum Gasteiger partial charge on any atom is -0.493 e. The summed E-state index contributed by atoms with van der Waals surface area (Å²) in [7, 11) is 0. The van der Waals surface area contributed by atoms with Crippen molar-refractivity contribution in [1.82, 2.24) is 9.80 Å². The monoisotopic (exact) mass is 448 g/mol. The number of thioether (sulfide) groups is 1. The number of amides is 1. The molecule has 0 aliphatic carbocycles. The standard InChI is InChI=1S/C22H28N2O4S2/c1-3-27-18-12-16-11-15(2)28-19(16)13-17(18)14-20-21(25)24(22(29)30-20)6-4-5-23-7-9-26-10-8-23/h12-15H,3-11H2,1-2H3. The Morgan fingerprint density at radius 3 is 2.87 bits per heavy atom. The summed E-state index contributed by atoms with van der Waals surface area (Å²) in [5.74, 6) is 1.63. The SMILES string of the molecule is CCOc1cc2c(cc1C=C1SC(=S)N(CCCN3CCOCC3)C1=O)OC(C)C2. The van der Waals surface area contributed by atoms with Gasteiger partial charge in [-0.25, -0.2) is 0 Å². The van der Waals surface area contributed by atoms with Crippen molar-refractivity contribution in [3.05, 3.63) is 28.2 Å². The minimum absolute atomic E-state index is 0.0239. The number of carbonyl (C=O) groups is 1. The zero-order valence-corrected chi connectivity index (χ0v) is 19.2. The van der Waals surface area contributed by atoms with Gasteiger partial charge in [0, 0.05) is 43.7 Å². The third kappa shape index (κ3) is 4.82. The third-order valence-electron chi connectivity index (χ3n) is 5.45. The van der Waals surface area contributed by atoms with E-state index in [0.717, 1.165) is 68.3 Å². The number of morpholine rings is 1. The van der Waals surface area contributed by atoms with Gasteiger partial charge in [0.2, 0.25) is 0 Å². The van der Waals surface area contributed by atoms with E-state index in [4.69, 9.17) is 26.4 Å². The van der Waals surface area contributed by atoms with E-state index < -0.39 is 0 Å². The number of ether oxygens (including phenoxy) is 3. The quantitative estimate of drug-likeness (QED) is 0.468. The molecule has 1 unspecified atom stereocenters. The molecule has 2 saturated heterocycles. The van der Waals surface area contributed by atoms with E-state index in [9.17, 15) is 4.79 Å². The maximum Gasteiger partial charge on any atom is 0.266 e. The highest BCUT2D eigenvalue weighted by molar-refractivity contribution is 8.26. The van der Waals surface area contributed by atoms with Crippen LogP contribution in [-0.4, -0.2) is 72.1 Å². The van der Waals surface area contributed by atoms with Gasteiger partial charge in [-0.15, -0.1) is 0 Å². The topological polar surface area (TPSA) is 51.2 Å². The molecule has 30 heavy (non-hydrogen) atoms. The van der Waals surface area contributed by atoms with E-state index in [0.29, 0.717) is 22.4 Å². The fourth-order valence-electron chi connectivity index (χ4n) is 3.96. The van der Waals surface area contributed by atoms with Crippen LogP contribution in [0.4, 0.5) is 0 Å². The Morgan fingerprint density at radius 1 is 1.30 bits per heavy atom. The van der Waals surface area contributed by atoms with Crippen molar-refractivity contribution < 1.29 is 19.0 Å². The molecule has 0 saturated carbocycles. The highest BCUT2D eigenvalue weighted by Gasteiger charge is 2.32. The Morgan fingerprint density at radius 2 is 2.10 bits per heavy atom. The molecule has 0 aromatic heterocycles. The Kier molecular flexibility index (Phi) is 6.98. The Balaban J connectivity index is 1.45. The van der Waals surface area contributed by atoms with Crippen LogP contribution in [0.2, 0.25) is 0 Å². The number of thiocarbonyl (C=S) groups is 1. The number of hydrogen-bond acceptors (Lipinski definition) is 7. The van der Waals surface area contributed by atoms with Crippen molar-refractivity contribution in [2.24, 2.45) is 0 Å². The van der Waals surface area contributed by atoms with Crippen LogP contribution in [0.5, 0.6) is 11.5 Å². The van der Waals surface area contributed by atoms with Gasteiger partial charge in [-0.05, 0) is 38.5 Å². The predicted molar refractivity (Wildman–Crippen MR) is 123 cm³/mol. The zero-order valence-electron chi connectivity index (χ0n) is 17.5. The molecule has 2 fully saturated rings. The van der Waals surface area contributed by atoms with Crippen LogP contribution in [0.25, 0.3) is 6.08 Å². The Hall–Kier alpha value is -1.61. The van der Waals surface area contributed by atoms with E-state index in [1.165, 1.54) is 11.8 Å². The lowest BCUT2D eigenvalue weighted by molar-refractivity contribution is -0.122. The first-order chi connectivity index (χ1) is 14.5. The molecule has 8 heteroatoms. The van der Waals surface area contributed by atoms with Crippen molar-refractivity contribution in [3.63, 3.8) is 0 Å². The fourth-order valence-corrected chi connectivity index (χ4v) is 5.26. The summed E-state index contributed by atoms with van der Waals surface area (Å²) in [5, 5.41) is 0. The smallest absolute Gasteiger partial charge is 0.266 e. The van der Waals surface area contributed by atoms with Gasteiger partial charge in [-0.2, -0.15) is 0 Å². The number of fused-ring (bicyclic) bond motifs is 1. The summed E-state index contributed by atoms with van der Waals surface area (Å²) < 4.78 is 17.8. The van der Waals surface area contributed by atoms with E-state index in [-0.39, 0.29) is 12.0 Å². The maximum absolute atomic E-state index is 13.0. The van der Waals surface area contributed by atoms with Crippen LogP contribution >= 0.6 is 24.0 Å². The zero-order chi connectivity index (χ0) is 21.1. The van der Waals surface area contributed by atoms with Crippen molar-refractivity contribution in [1.29, 1.82) is 0 Å². The number of benzene rings is 1. The van der Waals surface area contributed by atoms with Gasteiger partial charge in [-0.3, -0.25) is 14.6 Å². The minimum atomic E-state index is -0.0239. The summed E-state index contributed by atoms with van der Waals surface area (Å²) in [6.45, 7) is 9.67. The maximum atomic E-state index is 13.0. The fraction of sp³-hybridized carbons (Fsp3) is 0.545. The van der Waals surface area contributed by atoms with Crippen molar-refractivity contribution in [2.75, 3.05) is 46.0 Å². The third-order valence-corrected chi connectivity index (χ3v) is 6.83. The van der Waals surface area contributed by atoms with E-state index in [1.807, 2.05) is 25.1 Å². The van der Waals surface area contributed by atoms with E-state index in [2.05, 4.69) is 11.8 Å². The molecule has 1 atom stereocenters. The van der Waals surface area contributed by atoms with Crippen LogP contribution in [0.15, 0.2) is 17.0 Å². The van der Waals surface area contributed by atoms with Crippen LogP contribution in [0, 0.1) is 0 Å². The molecule has 0 N–H and O–H groups in total. The number of nitrogens with zero attached hydrogens (tertiary/aromatic N) is 2. The number of carbonyl (C=O) groups excluding carboxylic acids is 1. The molecule has 3 heterocycles. The van der Waals surface area contributed by atoms with Gasteiger partial charge in [0.05, 0.1) is 24.7 Å². The molecule has 4 rings (SSSR count). The van der Waals surface area contributed by atoms with Crippen molar-refractivity contribution in [3.8, 4) is 11.5 Å². The predicted octanol–water partition coefficient (Wildman–Crippen LogP) is 3.33. The van der Waals surface area contributed by atoms with Gasteiger partial charge < -0.3 is 14.2 Å². The summed E-state index contributed by atoms with van der Waals surface area (Å²) in [6.07, 6.45) is 3.82. The average molecular weight is 449 g/mol. The van der Waals surface area contributed by atoms with Gasteiger partial charge in [-0.1, -0.05) is 24.0 Å². The first-order valence-corrected chi connectivity index (χ1v) is 11.8. The summed E-state index contributed by atoms with van der Waals surface area (Å²) in [5.41, 5.74) is 2.01. The van der Waals surface area contributed by atoms with Gasteiger partial charge in [0.25, 0.3) is 5.91 Å². The molecule has 0 bridgehead atoms. The highest BCUT2D eigenvalue weighted by atomic mass is 32.2. The molecule has 1 aromatic rings. The summed E-state index contributed by atoms with van der Waals surface area (Å²) in [4.78, 5) is 17.7. The van der Waals surface area contributed by atoms with Crippen LogP contribution < -0.4 is 9.47 Å². The molecule has 1 aromatic carbocycles. The lowest BCUT2D eigenvalue weighted by atomic mass is 10.1. The second-order valence-corrected chi connectivity index (χ2v) is 9.38. The van der Waals surface area contributed by atoms with Crippen molar-refractivity contribution >= 4 is 40.3 Å². The Labute approximate surface area is 187 Å². The first kappa shape index (κ1) is 21.6. The van der Waals surface area contributed by atoms with Crippen LogP contribution in [0.3, 0.4) is 0 Å². The molecular formula is C22H28N2O4S2. The lowest BCUT2D eigenvalue weighted by Gasteiger charge is -2.27. The second-order valence-electron chi connectivity index (χ2n) is 7.70. The normalized spacial score (nSPS) is 23.2. The average Bonchev–Trinajstić information content (AvgIpc) is 3.22. The van der Waals surface area contributed by atoms with Crippen LogP contribution in [-0.2, 0) is 16.0 Å². The number of rotatable bonds is 7. The molecule has 0 spiro atoms. The highest BCUT2D eigenvalue weighted by Crippen LogP contribution is 2.39.